The highest BCUT2D eigenvalue weighted by Crippen LogP contribution is 2.32. The number of carbonyl (C=O) groups excluding carboxylic acids is 3. The number of amides is 3. The summed E-state index contributed by atoms with van der Waals surface area (Å²) in [5, 5.41) is 0.719. The summed E-state index contributed by atoms with van der Waals surface area (Å²) in [5.41, 5.74) is 0.792. The first-order valence-corrected chi connectivity index (χ1v) is 9.96. The van der Waals surface area contributed by atoms with Crippen molar-refractivity contribution in [1.82, 2.24) is 9.88 Å². The molecule has 6 nitrogen and oxygen atoms in total. The molecule has 0 saturated carbocycles. The van der Waals surface area contributed by atoms with Gasteiger partial charge in [-0.2, -0.15) is 0 Å². The summed E-state index contributed by atoms with van der Waals surface area (Å²) in [6, 6.07) is 11.8. The molecule has 2 aliphatic rings. The summed E-state index contributed by atoms with van der Waals surface area (Å²) in [6.45, 7) is 0.550. The molecule has 7 heteroatoms. The Morgan fingerprint density at radius 3 is 2.74 bits per heavy atom. The first kappa shape index (κ1) is 17.7. The fourth-order valence-corrected chi connectivity index (χ4v) is 4.30. The van der Waals surface area contributed by atoms with Gasteiger partial charge in [-0.05, 0) is 43.5 Å². The molecule has 4 rings (SSSR count). The average molecular weight is 381 g/mol. The van der Waals surface area contributed by atoms with E-state index in [0.717, 1.165) is 17.9 Å². The number of carbonyl (C=O) groups is 3. The van der Waals surface area contributed by atoms with Gasteiger partial charge < -0.3 is 4.90 Å². The van der Waals surface area contributed by atoms with Crippen molar-refractivity contribution in [2.45, 2.75) is 30.3 Å². The topological polar surface area (TPSA) is 70.6 Å². The Balaban J connectivity index is 1.67. The smallest absolute Gasteiger partial charge is 0.256 e. The minimum absolute atomic E-state index is 0.0813. The van der Waals surface area contributed by atoms with Crippen molar-refractivity contribution in [2.75, 3.05) is 17.2 Å². The van der Waals surface area contributed by atoms with Crippen molar-refractivity contribution in [1.29, 1.82) is 0 Å². The van der Waals surface area contributed by atoms with Crippen LogP contribution < -0.4 is 4.90 Å². The molecule has 27 heavy (non-hydrogen) atoms. The van der Waals surface area contributed by atoms with Gasteiger partial charge in [0, 0.05) is 12.7 Å². The number of anilines is 1. The van der Waals surface area contributed by atoms with Crippen LogP contribution in [0.2, 0.25) is 0 Å². The van der Waals surface area contributed by atoms with E-state index < -0.39 is 6.04 Å². The molecule has 0 radical (unpaired) electrons. The third-order valence-electron chi connectivity index (χ3n) is 4.88. The molecule has 1 saturated heterocycles. The van der Waals surface area contributed by atoms with Gasteiger partial charge in [0.1, 0.15) is 6.04 Å². The third kappa shape index (κ3) is 3.35. The Morgan fingerprint density at radius 1 is 1.11 bits per heavy atom. The molecule has 1 fully saturated rings. The van der Waals surface area contributed by atoms with E-state index in [0.29, 0.717) is 24.2 Å². The number of rotatable bonds is 3. The SMILES string of the molecule is O=C(CSc1ccccn1)N1C(=O)[C@H]2CCCCN2C(=O)c2ccccc21. The largest absolute Gasteiger partial charge is 0.327 e. The molecule has 1 atom stereocenters. The number of hydrogen-bond donors (Lipinski definition) is 0. The van der Waals surface area contributed by atoms with Crippen LogP contribution in [-0.4, -0.2) is 45.9 Å². The fourth-order valence-electron chi connectivity index (χ4n) is 3.59. The molecule has 1 aromatic carbocycles. The molecule has 0 aliphatic carbocycles. The number of imide groups is 1. The maximum absolute atomic E-state index is 13.2. The molecule has 2 aromatic rings. The second-order valence-corrected chi connectivity index (χ2v) is 7.55. The highest BCUT2D eigenvalue weighted by atomic mass is 32.2. The molecule has 0 spiro atoms. The monoisotopic (exact) mass is 381 g/mol. The van der Waals surface area contributed by atoms with E-state index >= 15 is 0 Å². The highest BCUT2D eigenvalue weighted by Gasteiger charge is 2.42. The van der Waals surface area contributed by atoms with Crippen LogP contribution in [-0.2, 0) is 9.59 Å². The minimum atomic E-state index is -0.567. The Kier molecular flexibility index (Phi) is 4.94. The molecule has 0 N–H and O–H groups in total. The maximum atomic E-state index is 13.2. The molecule has 0 unspecified atom stereocenters. The summed E-state index contributed by atoms with van der Waals surface area (Å²) in [6.07, 6.45) is 4.01. The number of aromatic nitrogens is 1. The van der Waals surface area contributed by atoms with Crippen LogP contribution >= 0.6 is 11.8 Å². The lowest BCUT2D eigenvalue weighted by molar-refractivity contribution is -0.128. The lowest BCUT2D eigenvalue weighted by Crippen LogP contribution is -2.52. The molecule has 0 bridgehead atoms. The molecule has 2 aliphatic heterocycles. The molecule has 138 valence electrons. The van der Waals surface area contributed by atoms with Gasteiger partial charge in [-0.3, -0.25) is 14.4 Å². The van der Waals surface area contributed by atoms with Crippen molar-refractivity contribution >= 4 is 35.2 Å². The molecule has 3 amide bonds. The third-order valence-corrected chi connectivity index (χ3v) is 5.80. The van der Waals surface area contributed by atoms with E-state index in [2.05, 4.69) is 4.98 Å². The summed E-state index contributed by atoms with van der Waals surface area (Å²) in [7, 11) is 0. The van der Waals surface area contributed by atoms with Crippen LogP contribution in [0.15, 0.2) is 53.7 Å². The van der Waals surface area contributed by atoms with Gasteiger partial charge in [-0.15, -0.1) is 0 Å². The predicted octanol–water partition coefficient (Wildman–Crippen LogP) is 2.74. The number of piperidine rings is 1. The number of thioether (sulfide) groups is 1. The van der Waals surface area contributed by atoms with Gasteiger partial charge in [0.2, 0.25) is 5.91 Å². The zero-order valence-corrected chi connectivity index (χ0v) is 15.5. The van der Waals surface area contributed by atoms with Crippen molar-refractivity contribution in [3.63, 3.8) is 0 Å². The lowest BCUT2D eigenvalue weighted by Gasteiger charge is -2.34. The van der Waals surface area contributed by atoms with Crippen molar-refractivity contribution in [3.8, 4) is 0 Å². The van der Waals surface area contributed by atoms with Crippen LogP contribution in [0.3, 0.4) is 0 Å². The maximum Gasteiger partial charge on any atom is 0.256 e. The van der Waals surface area contributed by atoms with E-state index in [9.17, 15) is 14.4 Å². The highest BCUT2D eigenvalue weighted by molar-refractivity contribution is 7.99. The van der Waals surface area contributed by atoms with E-state index in [1.165, 1.54) is 16.7 Å². The van der Waals surface area contributed by atoms with Gasteiger partial charge in [0.15, 0.2) is 0 Å². The van der Waals surface area contributed by atoms with Crippen LogP contribution in [0.1, 0.15) is 29.6 Å². The number of fused-ring (bicyclic) bond motifs is 2. The molecule has 1 aromatic heterocycles. The Bertz CT molecular complexity index is 887. The summed E-state index contributed by atoms with van der Waals surface area (Å²) < 4.78 is 0. The second kappa shape index (κ2) is 7.52. The van der Waals surface area contributed by atoms with Crippen molar-refractivity contribution in [2.24, 2.45) is 0 Å². The predicted molar refractivity (Wildman–Crippen MR) is 103 cm³/mol. The van der Waals surface area contributed by atoms with E-state index in [4.69, 9.17) is 0 Å². The first-order chi connectivity index (χ1) is 13.2. The summed E-state index contributed by atoms with van der Waals surface area (Å²) in [5.74, 6) is -0.725. The number of hydrogen-bond acceptors (Lipinski definition) is 5. The van der Waals surface area contributed by atoms with E-state index in [1.54, 1.807) is 35.4 Å². The van der Waals surface area contributed by atoms with Gasteiger partial charge >= 0.3 is 0 Å². The quantitative estimate of drug-likeness (QED) is 0.765. The molecule has 3 heterocycles. The Morgan fingerprint density at radius 2 is 1.93 bits per heavy atom. The minimum Gasteiger partial charge on any atom is -0.327 e. The fraction of sp³-hybridized carbons (Fsp3) is 0.300. The van der Waals surface area contributed by atoms with Gasteiger partial charge in [0.25, 0.3) is 11.8 Å². The van der Waals surface area contributed by atoms with E-state index in [-0.39, 0.29) is 23.5 Å². The zero-order valence-electron chi connectivity index (χ0n) is 14.7. The van der Waals surface area contributed by atoms with Gasteiger partial charge in [-0.25, -0.2) is 9.88 Å². The van der Waals surface area contributed by atoms with Crippen molar-refractivity contribution < 1.29 is 14.4 Å². The van der Waals surface area contributed by atoms with Crippen molar-refractivity contribution in [3.05, 3.63) is 54.2 Å². The zero-order chi connectivity index (χ0) is 18.8. The number of nitrogens with zero attached hydrogens (tertiary/aromatic N) is 3. The van der Waals surface area contributed by atoms with Crippen LogP contribution in [0.25, 0.3) is 0 Å². The average Bonchev–Trinajstić information content (AvgIpc) is 2.81. The standard InChI is InChI=1S/C20H19N3O3S/c24-18(13-27-17-10-3-5-11-21-17)23-15-8-2-1-7-14(15)19(25)22-12-6-4-9-16(22)20(23)26/h1-3,5,7-8,10-11,16H,4,6,9,12-13H2/t16-/m1/s1. The molecular formula is C20H19N3O3S. The lowest BCUT2D eigenvalue weighted by atomic mass is 10.0. The van der Waals surface area contributed by atoms with Crippen LogP contribution in [0.4, 0.5) is 5.69 Å². The Hall–Kier alpha value is -2.67. The number of benzene rings is 1. The summed E-state index contributed by atoms with van der Waals surface area (Å²) >= 11 is 1.28. The Labute approximate surface area is 161 Å². The van der Waals surface area contributed by atoms with E-state index in [1.807, 2.05) is 18.2 Å². The summed E-state index contributed by atoms with van der Waals surface area (Å²) in [4.78, 5) is 46.3. The number of para-hydroxylation sites is 1. The van der Waals surface area contributed by atoms with Crippen LogP contribution in [0, 0.1) is 0 Å². The number of pyridine rings is 1. The van der Waals surface area contributed by atoms with Crippen LogP contribution in [0.5, 0.6) is 0 Å². The first-order valence-electron chi connectivity index (χ1n) is 8.97. The molecular weight excluding hydrogens is 362 g/mol. The second-order valence-electron chi connectivity index (χ2n) is 6.55. The van der Waals surface area contributed by atoms with Gasteiger partial charge in [0.05, 0.1) is 22.0 Å². The normalized spacial score (nSPS) is 19.3. The van der Waals surface area contributed by atoms with Gasteiger partial charge in [-0.1, -0.05) is 30.0 Å².